The number of ether oxygens (including phenoxy) is 1. The van der Waals surface area contributed by atoms with Gasteiger partial charge in [0.2, 0.25) is 0 Å². The molecule has 0 saturated carbocycles. The van der Waals surface area contributed by atoms with Gasteiger partial charge in [-0.25, -0.2) is 9.59 Å². The maximum Gasteiger partial charge on any atom is 0.335 e. The molecule has 0 amide bonds. The largest absolute Gasteiger partial charge is 0.550 e. The molecular weight excluding hydrogens is 342 g/mol. The number of carboxylic acids is 3. The monoisotopic (exact) mass is 367 g/mol. The van der Waals surface area contributed by atoms with Crippen LogP contribution in [0.3, 0.4) is 0 Å². The predicted octanol–water partition coefficient (Wildman–Crippen LogP) is -2.97. The maximum atomic E-state index is 11.0. The number of hydrogen-bond donors (Lipinski definition) is 4. The fraction of sp³-hybridized carbons (Fsp3) is 0.714. The lowest BCUT2D eigenvalue weighted by Crippen LogP contribution is -2.45. The quantitative estimate of drug-likeness (QED) is 0.242. The van der Waals surface area contributed by atoms with Crippen molar-refractivity contribution in [1.29, 1.82) is 0 Å². The summed E-state index contributed by atoms with van der Waals surface area (Å²) >= 11 is 0. The molecule has 11 nitrogen and oxygen atoms in total. The average Bonchev–Trinajstić information content (AvgIpc) is 2.43. The van der Waals surface area contributed by atoms with E-state index in [4.69, 9.17) is 25.2 Å². The number of aliphatic carboxylic acids is 3. The number of nitrogens with zero attached hydrogens (tertiary/aromatic N) is 1. The van der Waals surface area contributed by atoms with Crippen molar-refractivity contribution in [2.75, 3.05) is 27.7 Å². The number of hydrogen-bond acceptors (Lipinski definition) is 8. The van der Waals surface area contributed by atoms with Gasteiger partial charge in [-0.2, -0.15) is 0 Å². The minimum Gasteiger partial charge on any atom is -0.550 e. The van der Waals surface area contributed by atoms with Crippen LogP contribution in [-0.4, -0.2) is 94.8 Å². The second kappa shape index (κ2) is 11.3. The van der Waals surface area contributed by atoms with Crippen molar-refractivity contribution >= 4 is 23.9 Å². The summed E-state index contributed by atoms with van der Waals surface area (Å²) in [5.74, 6) is -5.11. The first-order valence-corrected chi connectivity index (χ1v) is 7.22. The van der Waals surface area contributed by atoms with Crippen LogP contribution in [-0.2, 0) is 23.9 Å². The van der Waals surface area contributed by atoms with E-state index in [2.05, 4.69) is 0 Å². The number of aliphatic hydroxyl groups excluding tert-OH is 2. The van der Waals surface area contributed by atoms with Gasteiger partial charge in [-0.1, -0.05) is 6.92 Å². The lowest BCUT2D eigenvalue weighted by Gasteiger charge is -2.29. The van der Waals surface area contributed by atoms with Gasteiger partial charge in [0.25, 0.3) is 0 Å². The summed E-state index contributed by atoms with van der Waals surface area (Å²) in [5, 5.41) is 43.0. The summed E-state index contributed by atoms with van der Waals surface area (Å²) < 4.78 is 5.55. The molecule has 0 aromatic rings. The zero-order valence-corrected chi connectivity index (χ0v) is 14.5. The topological polar surface area (TPSA) is 181 Å². The number of carbonyl (C=O) groups is 4. The van der Waals surface area contributed by atoms with Crippen molar-refractivity contribution in [1.82, 2.24) is 0 Å². The van der Waals surface area contributed by atoms with Gasteiger partial charge < -0.3 is 39.5 Å². The molecule has 0 aromatic heterocycles. The molecular formula is C14H25NO10. The molecule has 146 valence electrons. The lowest BCUT2D eigenvalue weighted by molar-refractivity contribution is -0.873. The second-order valence-corrected chi connectivity index (χ2v) is 6.08. The Kier molecular flexibility index (Phi) is 11.3. The molecule has 4 N–H and O–H groups in total. The fourth-order valence-corrected chi connectivity index (χ4v) is 1.48. The summed E-state index contributed by atoms with van der Waals surface area (Å²) in [6, 6.07) is 0. The van der Waals surface area contributed by atoms with Gasteiger partial charge in [0, 0.05) is 18.8 Å². The molecule has 25 heavy (non-hydrogen) atoms. The van der Waals surface area contributed by atoms with Gasteiger partial charge in [0.05, 0.1) is 21.1 Å². The Morgan fingerprint density at radius 2 is 1.40 bits per heavy atom. The zero-order valence-electron chi connectivity index (χ0n) is 14.5. The van der Waals surface area contributed by atoms with Crippen LogP contribution in [0, 0.1) is 0 Å². The Hall–Kier alpha value is -2.24. The number of likely N-dealkylation sites (N-methyl/N-ethyl adjacent to an activating group) is 1. The van der Waals surface area contributed by atoms with E-state index in [1.54, 1.807) is 6.92 Å². The van der Waals surface area contributed by atoms with Crippen molar-refractivity contribution in [3.63, 3.8) is 0 Å². The van der Waals surface area contributed by atoms with Crippen LogP contribution < -0.4 is 5.11 Å². The molecule has 0 aromatic carbocycles. The summed E-state index contributed by atoms with van der Waals surface area (Å²) in [4.78, 5) is 41.0. The molecule has 0 aliphatic carbocycles. The van der Waals surface area contributed by atoms with Crippen molar-refractivity contribution in [3.8, 4) is 0 Å². The van der Waals surface area contributed by atoms with E-state index in [0.29, 0.717) is 11.0 Å². The number of carbonyl (C=O) groups excluding carboxylic acids is 2. The van der Waals surface area contributed by atoms with Crippen molar-refractivity contribution < 1.29 is 53.9 Å². The molecule has 0 heterocycles. The zero-order chi connectivity index (χ0) is 20.4. The summed E-state index contributed by atoms with van der Waals surface area (Å²) in [5.41, 5.74) is 0. The van der Waals surface area contributed by atoms with Gasteiger partial charge in [-0.15, -0.1) is 0 Å². The number of aliphatic hydroxyl groups is 2. The highest BCUT2D eigenvalue weighted by atomic mass is 16.5. The first kappa shape index (κ1) is 25.0. The highest BCUT2D eigenvalue weighted by molar-refractivity contribution is 5.83. The van der Waals surface area contributed by atoms with Gasteiger partial charge in [0.1, 0.15) is 6.54 Å². The first-order valence-electron chi connectivity index (χ1n) is 7.22. The van der Waals surface area contributed by atoms with Crippen LogP contribution in [0.2, 0.25) is 0 Å². The SMILES string of the molecule is CCC(=O)OC(CC(=O)[O-])C[N+](C)(C)C.O=C(O)C(O)C(O)C(=O)O. The van der Waals surface area contributed by atoms with Gasteiger partial charge in [-0.3, -0.25) is 4.79 Å². The van der Waals surface area contributed by atoms with Crippen LogP contribution in [0.1, 0.15) is 19.8 Å². The Morgan fingerprint density at radius 1 is 1.00 bits per heavy atom. The summed E-state index contributed by atoms with van der Waals surface area (Å²) in [7, 11) is 5.71. The Bertz CT molecular complexity index is 453. The van der Waals surface area contributed by atoms with Gasteiger partial charge in [0.15, 0.2) is 18.3 Å². The third kappa shape index (κ3) is 13.9. The van der Waals surface area contributed by atoms with Crippen molar-refractivity contribution in [3.05, 3.63) is 0 Å². The fourth-order valence-electron chi connectivity index (χ4n) is 1.48. The molecule has 0 spiro atoms. The molecule has 0 saturated heterocycles. The van der Waals surface area contributed by atoms with Crippen LogP contribution in [0.4, 0.5) is 0 Å². The second-order valence-electron chi connectivity index (χ2n) is 6.08. The van der Waals surface area contributed by atoms with E-state index < -0.39 is 36.2 Å². The third-order valence-electron chi connectivity index (χ3n) is 2.54. The minimum absolute atomic E-state index is 0.249. The molecule has 0 aliphatic rings. The van der Waals surface area contributed by atoms with E-state index >= 15 is 0 Å². The Balaban J connectivity index is 0. The van der Waals surface area contributed by atoms with E-state index in [9.17, 15) is 24.3 Å². The van der Waals surface area contributed by atoms with Crippen molar-refractivity contribution in [2.24, 2.45) is 0 Å². The standard InChI is InChI=1S/C10H19NO4.C4H6O6/c1-5-10(14)15-8(6-9(12)13)7-11(2,3)4;5-1(3(7)8)2(6)4(9)10/h8H,5-7H2,1-4H3;1-2,5-6H,(H,7,8)(H,9,10). The molecule has 0 rings (SSSR count). The van der Waals surface area contributed by atoms with Crippen LogP contribution in [0.15, 0.2) is 0 Å². The highest BCUT2D eigenvalue weighted by Crippen LogP contribution is 2.05. The summed E-state index contributed by atoms with van der Waals surface area (Å²) in [6.45, 7) is 2.13. The Labute approximate surface area is 144 Å². The number of carboxylic acid groups (broad SMARTS) is 3. The van der Waals surface area contributed by atoms with Gasteiger partial charge >= 0.3 is 17.9 Å². The van der Waals surface area contributed by atoms with E-state index in [1.807, 2.05) is 21.1 Å². The van der Waals surface area contributed by atoms with Crippen LogP contribution in [0.5, 0.6) is 0 Å². The molecule has 0 radical (unpaired) electrons. The smallest absolute Gasteiger partial charge is 0.335 e. The molecule has 11 heteroatoms. The first-order chi connectivity index (χ1) is 11.2. The van der Waals surface area contributed by atoms with E-state index in [1.165, 1.54) is 0 Å². The maximum absolute atomic E-state index is 11.0. The van der Waals surface area contributed by atoms with Crippen LogP contribution >= 0.6 is 0 Å². The Morgan fingerprint density at radius 3 is 1.64 bits per heavy atom. The molecule has 3 atom stereocenters. The highest BCUT2D eigenvalue weighted by Gasteiger charge is 2.29. The van der Waals surface area contributed by atoms with Crippen molar-refractivity contribution in [2.45, 2.75) is 38.1 Å². The lowest BCUT2D eigenvalue weighted by atomic mass is 10.2. The third-order valence-corrected chi connectivity index (χ3v) is 2.54. The van der Waals surface area contributed by atoms with Crippen LogP contribution in [0.25, 0.3) is 0 Å². The average molecular weight is 367 g/mol. The van der Waals surface area contributed by atoms with Gasteiger partial charge in [-0.05, 0) is 0 Å². The van der Waals surface area contributed by atoms with E-state index in [-0.39, 0.29) is 18.8 Å². The minimum atomic E-state index is -2.27. The molecule has 3 unspecified atom stereocenters. The molecule has 0 aliphatic heterocycles. The normalized spacial score (nSPS) is 14.3. The predicted molar refractivity (Wildman–Crippen MR) is 80.0 cm³/mol. The molecule has 0 bridgehead atoms. The molecule has 0 fully saturated rings. The number of rotatable bonds is 9. The number of esters is 1. The van der Waals surface area contributed by atoms with E-state index in [0.717, 1.165) is 0 Å². The summed E-state index contributed by atoms with van der Waals surface area (Å²) in [6.07, 6.45) is -5.14. The number of quaternary nitrogens is 1.